The molecule has 2 heterocycles. The number of anilines is 2. The predicted octanol–water partition coefficient (Wildman–Crippen LogP) is 1.77. The number of hydrogen-bond donors (Lipinski definition) is 2. The second-order valence-corrected chi connectivity index (χ2v) is 7.70. The number of aromatic nitrogens is 2. The highest BCUT2D eigenvalue weighted by Gasteiger charge is 2.34. The molecule has 2 aromatic rings. The number of benzene rings is 1. The molecule has 2 N–H and O–H groups in total. The summed E-state index contributed by atoms with van der Waals surface area (Å²) in [7, 11) is 1.63. The van der Waals surface area contributed by atoms with E-state index in [0.717, 1.165) is 10.1 Å². The van der Waals surface area contributed by atoms with Crippen molar-refractivity contribution in [2.45, 2.75) is 45.6 Å². The summed E-state index contributed by atoms with van der Waals surface area (Å²) < 4.78 is 8.09. The lowest BCUT2D eigenvalue weighted by molar-refractivity contribution is 0.116. The van der Waals surface area contributed by atoms with Gasteiger partial charge in [0.05, 0.1) is 0 Å². The van der Waals surface area contributed by atoms with Crippen molar-refractivity contribution in [3.05, 3.63) is 55.7 Å². The van der Waals surface area contributed by atoms with E-state index in [-0.39, 0.29) is 19.3 Å². The van der Waals surface area contributed by atoms with E-state index in [4.69, 9.17) is 21.4 Å². The molecule has 0 aliphatic carbocycles. The largest absolute Gasteiger partial charge is 0.396 e. The molecule has 0 amide bonds. The van der Waals surface area contributed by atoms with E-state index >= 15 is 0 Å². The van der Waals surface area contributed by atoms with Crippen LogP contribution in [0.2, 0.25) is 5.02 Å². The smallest absolute Gasteiger partial charge is 0.332 e. The topological polar surface area (TPSA) is 88.7 Å². The Kier molecular flexibility index (Phi) is 7.44. The number of hydrogen-bond acceptors (Lipinski definition) is 6. The molecule has 31 heavy (non-hydrogen) atoms. The van der Waals surface area contributed by atoms with Crippen molar-refractivity contribution in [2.24, 2.45) is 7.05 Å². The number of aliphatic hydroxyl groups excluding tert-OH is 1. The third-order valence-corrected chi connectivity index (χ3v) is 5.28. The Hall–Kier alpha value is -2.73. The Bertz CT molecular complexity index is 1100. The Morgan fingerprint density at radius 1 is 1.29 bits per heavy atom. The number of rotatable bonds is 7. The SMILES string of the molecule is CCOC(C)C#CC1Nc2c(n(C)c(=O)n(CCCO)c2=O)N1Cc1ccc(Cl)cc1. The first kappa shape index (κ1) is 22.9. The van der Waals surface area contributed by atoms with Crippen molar-refractivity contribution in [1.29, 1.82) is 0 Å². The third-order valence-electron chi connectivity index (χ3n) is 5.03. The number of nitrogens with one attached hydrogen (secondary N) is 1. The van der Waals surface area contributed by atoms with Gasteiger partial charge in [0.25, 0.3) is 5.56 Å². The fourth-order valence-corrected chi connectivity index (χ4v) is 3.66. The number of aliphatic hydroxyl groups is 1. The van der Waals surface area contributed by atoms with Crippen LogP contribution in [0.15, 0.2) is 33.9 Å². The van der Waals surface area contributed by atoms with Crippen LogP contribution in [-0.4, -0.2) is 39.7 Å². The van der Waals surface area contributed by atoms with Crippen molar-refractivity contribution in [2.75, 3.05) is 23.4 Å². The summed E-state index contributed by atoms with van der Waals surface area (Å²) in [5.41, 5.74) is 0.421. The average Bonchev–Trinajstić information content (AvgIpc) is 3.11. The minimum Gasteiger partial charge on any atom is -0.396 e. The number of nitrogens with zero attached hydrogens (tertiary/aromatic N) is 3. The Morgan fingerprint density at radius 2 is 2.00 bits per heavy atom. The molecule has 0 saturated carbocycles. The summed E-state index contributed by atoms with van der Waals surface area (Å²) in [6.07, 6.45) is -0.462. The van der Waals surface area contributed by atoms with Gasteiger partial charge in [-0.15, -0.1) is 0 Å². The van der Waals surface area contributed by atoms with Gasteiger partial charge in [0.2, 0.25) is 0 Å². The molecule has 1 aromatic heterocycles. The molecule has 0 saturated heterocycles. The summed E-state index contributed by atoms with van der Waals surface area (Å²) in [6, 6.07) is 7.39. The molecule has 0 radical (unpaired) electrons. The van der Waals surface area contributed by atoms with Crippen molar-refractivity contribution < 1.29 is 9.84 Å². The normalized spacial score (nSPS) is 15.8. The maximum absolute atomic E-state index is 13.1. The van der Waals surface area contributed by atoms with Gasteiger partial charge in [0.1, 0.15) is 17.6 Å². The Labute approximate surface area is 186 Å². The maximum atomic E-state index is 13.1. The molecule has 1 aliphatic heterocycles. The van der Waals surface area contributed by atoms with Gasteiger partial charge >= 0.3 is 5.69 Å². The highest BCUT2D eigenvalue weighted by molar-refractivity contribution is 6.30. The molecule has 0 fully saturated rings. The molecule has 8 nitrogen and oxygen atoms in total. The lowest BCUT2D eigenvalue weighted by Gasteiger charge is -2.24. The van der Waals surface area contributed by atoms with Crippen molar-refractivity contribution in [3.8, 4) is 11.8 Å². The van der Waals surface area contributed by atoms with Gasteiger partial charge in [-0.25, -0.2) is 4.79 Å². The minimum absolute atomic E-state index is 0.105. The second kappa shape index (κ2) is 10.1. The first-order valence-electron chi connectivity index (χ1n) is 10.2. The van der Waals surface area contributed by atoms with Crippen molar-refractivity contribution in [3.63, 3.8) is 0 Å². The highest BCUT2D eigenvalue weighted by atomic mass is 35.5. The van der Waals surface area contributed by atoms with Crippen LogP contribution < -0.4 is 21.5 Å². The van der Waals surface area contributed by atoms with Gasteiger partial charge in [-0.2, -0.15) is 0 Å². The first-order valence-corrected chi connectivity index (χ1v) is 10.6. The van der Waals surface area contributed by atoms with E-state index in [2.05, 4.69) is 17.2 Å². The lowest BCUT2D eigenvalue weighted by atomic mass is 10.2. The summed E-state index contributed by atoms with van der Waals surface area (Å²) in [4.78, 5) is 27.8. The van der Waals surface area contributed by atoms with Gasteiger partial charge in [-0.05, 0) is 38.0 Å². The van der Waals surface area contributed by atoms with Crippen LogP contribution in [-0.2, 0) is 24.9 Å². The molecule has 166 valence electrons. The van der Waals surface area contributed by atoms with Gasteiger partial charge in [0.15, 0.2) is 6.17 Å². The van der Waals surface area contributed by atoms with Crippen molar-refractivity contribution in [1.82, 2.24) is 9.13 Å². The summed E-state index contributed by atoms with van der Waals surface area (Å²) in [5, 5.41) is 12.9. The summed E-state index contributed by atoms with van der Waals surface area (Å²) in [5.74, 6) is 6.68. The molecule has 2 unspecified atom stereocenters. The van der Waals surface area contributed by atoms with Crippen LogP contribution in [0.4, 0.5) is 11.5 Å². The van der Waals surface area contributed by atoms with Crippen LogP contribution in [0, 0.1) is 11.8 Å². The zero-order valence-corrected chi connectivity index (χ0v) is 18.6. The van der Waals surface area contributed by atoms with Crippen molar-refractivity contribution >= 4 is 23.1 Å². The lowest BCUT2D eigenvalue weighted by Crippen LogP contribution is -2.41. The fourth-order valence-electron chi connectivity index (χ4n) is 3.54. The molecule has 1 aromatic carbocycles. The standard InChI is InChI=1S/C22H27ClN4O4/c1-4-31-15(2)6-11-18-24-19-20(27(18)14-16-7-9-17(23)10-8-16)25(3)22(30)26(21(19)29)12-5-13-28/h7-10,15,18,24,28H,4-5,12-14H2,1-3H3. The number of ether oxygens (including phenoxy) is 1. The molecular weight excluding hydrogens is 420 g/mol. The van der Waals surface area contributed by atoms with Gasteiger partial charge in [0, 0.05) is 38.4 Å². The second-order valence-electron chi connectivity index (χ2n) is 7.26. The predicted molar refractivity (Wildman–Crippen MR) is 122 cm³/mol. The molecule has 0 bridgehead atoms. The quantitative estimate of drug-likeness (QED) is 0.630. The highest BCUT2D eigenvalue weighted by Crippen LogP contribution is 2.31. The zero-order chi connectivity index (χ0) is 22.5. The van der Waals surface area contributed by atoms with Gasteiger partial charge in [-0.1, -0.05) is 35.6 Å². The molecule has 9 heteroatoms. The maximum Gasteiger partial charge on any atom is 0.332 e. The minimum atomic E-state index is -0.513. The van der Waals surface area contributed by atoms with Crippen LogP contribution in [0.25, 0.3) is 0 Å². The van der Waals surface area contributed by atoms with E-state index in [9.17, 15) is 9.59 Å². The Balaban J connectivity index is 2.07. The number of halogens is 1. The monoisotopic (exact) mass is 446 g/mol. The third kappa shape index (κ3) is 4.96. The molecular formula is C22H27ClN4O4. The van der Waals surface area contributed by atoms with Crippen LogP contribution in [0.5, 0.6) is 0 Å². The summed E-state index contributed by atoms with van der Waals surface area (Å²) in [6.45, 7) is 4.77. The zero-order valence-electron chi connectivity index (χ0n) is 17.9. The van der Waals surface area contributed by atoms with E-state index in [1.807, 2.05) is 30.9 Å². The van der Waals surface area contributed by atoms with E-state index in [0.29, 0.717) is 36.1 Å². The molecule has 3 rings (SSSR count). The first-order chi connectivity index (χ1) is 14.9. The van der Waals surface area contributed by atoms with Gasteiger partial charge in [-0.3, -0.25) is 13.9 Å². The summed E-state index contributed by atoms with van der Waals surface area (Å²) >= 11 is 6.01. The molecule has 2 atom stereocenters. The van der Waals surface area contributed by atoms with E-state index in [1.165, 1.54) is 4.57 Å². The number of fused-ring (bicyclic) bond motifs is 1. The molecule has 1 aliphatic rings. The van der Waals surface area contributed by atoms with Crippen LogP contribution in [0.3, 0.4) is 0 Å². The average molecular weight is 447 g/mol. The van der Waals surface area contributed by atoms with Crippen LogP contribution in [0.1, 0.15) is 25.8 Å². The molecule has 0 spiro atoms. The fraction of sp³-hybridized carbons (Fsp3) is 0.455. The van der Waals surface area contributed by atoms with Crippen LogP contribution >= 0.6 is 11.6 Å². The van der Waals surface area contributed by atoms with E-state index in [1.54, 1.807) is 19.2 Å². The Morgan fingerprint density at radius 3 is 2.65 bits per heavy atom. The van der Waals surface area contributed by atoms with Gasteiger partial charge < -0.3 is 20.1 Å². The van der Waals surface area contributed by atoms with E-state index < -0.39 is 17.4 Å².